The van der Waals surface area contributed by atoms with E-state index < -0.39 is 16.9 Å². The number of aromatic nitrogens is 1. The quantitative estimate of drug-likeness (QED) is 0.219. The fourth-order valence-corrected chi connectivity index (χ4v) is 5.61. The van der Waals surface area contributed by atoms with E-state index in [9.17, 15) is 19.7 Å². The summed E-state index contributed by atoms with van der Waals surface area (Å²) in [6.07, 6.45) is 2.90. The van der Waals surface area contributed by atoms with E-state index in [1.165, 1.54) is 35.1 Å². The van der Waals surface area contributed by atoms with Crippen molar-refractivity contribution in [3.63, 3.8) is 0 Å². The maximum Gasteiger partial charge on any atom is 0.338 e. The molecule has 2 aromatic carbocycles. The van der Waals surface area contributed by atoms with Crippen molar-refractivity contribution in [3.8, 4) is 5.75 Å². The zero-order valence-corrected chi connectivity index (χ0v) is 23.4. The van der Waals surface area contributed by atoms with E-state index in [-0.39, 0.29) is 23.6 Å². The van der Waals surface area contributed by atoms with Crippen molar-refractivity contribution in [3.05, 3.63) is 100 Å². The molecule has 0 bridgehead atoms. The molecule has 0 amide bonds. The highest BCUT2D eigenvalue weighted by Crippen LogP contribution is 2.33. The Kier molecular flexibility index (Phi) is 8.44. The minimum absolute atomic E-state index is 0.131. The molecule has 1 aliphatic heterocycles. The van der Waals surface area contributed by atoms with Gasteiger partial charge >= 0.3 is 11.7 Å². The zero-order valence-electron chi connectivity index (χ0n) is 22.6. The number of benzene rings is 2. The monoisotopic (exact) mass is 549 g/mol. The maximum absolute atomic E-state index is 13.9. The second-order valence-corrected chi connectivity index (χ2v) is 10.4. The van der Waals surface area contributed by atoms with Gasteiger partial charge in [0, 0.05) is 6.07 Å². The zero-order chi connectivity index (χ0) is 28.3. The molecule has 0 N–H and O–H groups in total. The summed E-state index contributed by atoms with van der Waals surface area (Å²) in [4.78, 5) is 43.3. The molecule has 1 aromatic heterocycles. The van der Waals surface area contributed by atoms with Crippen LogP contribution in [0.25, 0.3) is 6.08 Å². The molecule has 0 aliphatic carbocycles. The third-order valence-corrected chi connectivity index (χ3v) is 7.49. The molecule has 9 nitrogen and oxygen atoms in total. The van der Waals surface area contributed by atoms with Gasteiger partial charge in [-0.15, -0.1) is 0 Å². The molecule has 204 valence electrons. The fraction of sp³-hybridized carbons (Fsp3) is 0.345. The summed E-state index contributed by atoms with van der Waals surface area (Å²) in [7, 11) is 1.36. The lowest BCUT2D eigenvalue weighted by molar-refractivity contribution is -0.385. The molecule has 0 spiro atoms. The fourth-order valence-electron chi connectivity index (χ4n) is 4.59. The van der Waals surface area contributed by atoms with Gasteiger partial charge in [0.25, 0.3) is 5.56 Å². The van der Waals surface area contributed by atoms with Gasteiger partial charge in [-0.2, -0.15) is 0 Å². The number of fused-ring (bicyclic) bond motifs is 1. The van der Waals surface area contributed by atoms with Gasteiger partial charge in [-0.25, -0.2) is 9.79 Å². The third-order valence-electron chi connectivity index (χ3n) is 6.51. The molecule has 1 aliphatic rings. The number of hydrogen-bond donors (Lipinski definition) is 0. The summed E-state index contributed by atoms with van der Waals surface area (Å²) in [6, 6.07) is 11.7. The maximum atomic E-state index is 13.9. The molecule has 0 fully saturated rings. The van der Waals surface area contributed by atoms with Crippen LogP contribution in [0.3, 0.4) is 0 Å². The van der Waals surface area contributed by atoms with Crippen molar-refractivity contribution >= 4 is 29.1 Å². The second kappa shape index (κ2) is 11.8. The number of thiazole rings is 1. The standard InChI is InChI=1S/C29H31N3O6S/c1-6-8-21-25(28(34)38-7-2)26(20-12-10-19(11-13-20)17(3)4)31-27(33)24(39-29(31)30-21)16-18-9-14-23(37-5)22(15-18)32(35)36/h9-17,26H,6-8H2,1-5H3/b24-16-/t26-/m1/s1. The Morgan fingerprint density at radius 1 is 1.21 bits per heavy atom. The summed E-state index contributed by atoms with van der Waals surface area (Å²) in [6.45, 7) is 8.15. The van der Waals surface area contributed by atoms with Gasteiger partial charge < -0.3 is 9.47 Å². The van der Waals surface area contributed by atoms with E-state index in [1.54, 1.807) is 19.1 Å². The van der Waals surface area contributed by atoms with E-state index in [0.29, 0.717) is 38.5 Å². The number of nitro groups is 1. The average Bonchev–Trinajstić information content (AvgIpc) is 3.22. The highest BCUT2D eigenvalue weighted by atomic mass is 32.1. The Morgan fingerprint density at radius 2 is 1.92 bits per heavy atom. The van der Waals surface area contributed by atoms with Gasteiger partial charge in [-0.1, -0.05) is 68.9 Å². The van der Waals surface area contributed by atoms with E-state index >= 15 is 0 Å². The number of methoxy groups -OCH3 is 1. The van der Waals surface area contributed by atoms with Gasteiger partial charge in [0.2, 0.25) is 0 Å². The number of nitrogens with zero attached hydrogens (tertiary/aromatic N) is 3. The molecule has 0 radical (unpaired) electrons. The summed E-state index contributed by atoms with van der Waals surface area (Å²) in [5.74, 6) is -0.0419. The largest absolute Gasteiger partial charge is 0.490 e. The molecule has 4 rings (SSSR count). The SMILES string of the molecule is CCCC1=C(C(=O)OCC)[C@@H](c2ccc(C(C)C)cc2)n2c(s/c(=C\c3ccc(OC)c([N+](=O)[O-])c3)c2=O)=N1. The number of hydrogen-bond acceptors (Lipinski definition) is 8. The lowest BCUT2D eigenvalue weighted by Gasteiger charge is -2.26. The number of carbonyl (C=O) groups excluding carboxylic acids is 1. The van der Waals surface area contributed by atoms with Crippen molar-refractivity contribution in [2.75, 3.05) is 13.7 Å². The Morgan fingerprint density at radius 3 is 2.51 bits per heavy atom. The summed E-state index contributed by atoms with van der Waals surface area (Å²) >= 11 is 1.19. The first-order chi connectivity index (χ1) is 18.7. The Labute approximate surface area is 229 Å². The minimum atomic E-state index is -0.713. The molecule has 39 heavy (non-hydrogen) atoms. The first-order valence-corrected chi connectivity index (χ1v) is 13.7. The van der Waals surface area contributed by atoms with Crippen molar-refractivity contribution in [1.82, 2.24) is 4.57 Å². The normalized spacial score (nSPS) is 15.2. The third kappa shape index (κ3) is 5.56. The molecular formula is C29H31N3O6S. The van der Waals surface area contributed by atoms with Crippen LogP contribution in [0.5, 0.6) is 5.75 Å². The second-order valence-electron chi connectivity index (χ2n) is 9.42. The first kappa shape index (κ1) is 28.0. The van der Waals surface area contributed by atoms with Gasteiger partial charge in [-0.3, -0.25) is 19.5 Å². The molecule has 0 unspecified atom stereocenters. The van der Waals surface area contributed by atoms with Gasteiger partial charge in [0.05, 0.1) is 40.5 Å². The predicted octanol–water partition coefficient (Wildman–Crippen LogP) is 4.62. The van der Waals surface area contributed by atoms with E-state index in [2.05, 4.69) is 13.8 Å². The van der Waals surface area contributed by atoms with Crippen LogP contribution >= 0.6 is 11.3 Å². The molecule has 3 aromatic rings. The predicted molar refractivity (Wildman–Crippen MR) is 150 cm³/mol. The molecule has 2 heterocycles. The van der Waals surface area contributed by atoms with Gasteiger partial charge in [0.1, 0.15) is 0 Å². The van der Waals surface area contributed by atoms with Crippen LogP contribution in [-0.2, 0) is 9.53 Å². The van der Waals surface area contributed by atoms with Gasteiger partial charge in [-0.05, 0) is 48.1 Å². The highest BCUT2D eigenvalue weighted by molar-refractivity contribution is 7.07. The number of esters is 1. The summed E-state index contributed by atoms with van der Waals surface area (Å²) < 4.78 is 12.4. The van der Waals surface area contributed by atoms with E-state index in [0.717, 1.165) is 17.5 Å². The lowest BCUT2D eigenvalue weighted by Crippen LogP contribution is -2.40. The van der Waals surface area contributed by atoms with E-state index in [1.807, 2.05) is 31.2 Å². The molecule has 0 saturated carbocycles. The van der Waals surface area contributed by atoms with Gasteiger partial charge in [0.15, 0.2) is 10.6 Å². The van der Waals surface area contributed by atoms with E-state index in [4.69, 9.17) is 14.5 Å². The van der Waals surface area contributed by atoms with Crippen LogP contribution in [0.15, 0.2) is 63.5 Å². The summed E-state index contributed by atoms with van der Waals surface area (Å²) in [5, 5.41) is 11.5. The van der Waals surface area contributed by atoms with Crippen LogP contribution in [0.4, 0.5) is 5.69 Å². The van der Waals surface area contributed by atoms with Crippen LogP contribution in [0, 0.1) is 10.1 Å². The van der Waals surface area contributed by atoms with Crippen LogP contribution in [-0.4, -0.2) is 29.2 Å². The number of rotatable bonds is 9. The molecule has 1 atom stereocenters. The number of nitro benzene ring substituents is 1. The van der Waals surface area contributed by atoms with Crippen molar-refractivity contribution in [2.45, 2.75) is 52.5 Å². The lowest BCUT2D eigenvalue weighted by atomic mass is 9.92. The topological polar surface area (TPSA) is 113 Å². The van der Waals surface area contributed by atoms with Crippen LogP contribution in [0.2, 0.25) is 0 Å². The Hall–Kier alpha value is -4.05. The number of ether oxygens (including phenoxy) is 2. The Bertz CT molecular complexity index is 1620. The molecule has 0 saturated heterocycles. The smallest absolute Gasteiger partial charge is 0.338 e. The van der Waals surface area contributed by atoms with Crippen molar-refractivity contribution < 1.29 is 19.2 Å². The minimum Gasteiger partial charge on any atom is -0.490 e. The molecular weight excluding hydrogens is 518 g/mol. The summed E-state index contributed by atoms with van der Waals surface area (Å²) in [5.41, 5.74) is 2.81. The van der Waals surface area contributed by atoms with Crippen molar-refractivity contribution in [1.29, 1.82) is 0 Å². The van der Waals surface area contributed by atoms with Crippen LogP contribution < -0.4 is 19.6 Å². The number of allylic oxidation sites excluding steroid dienone is 1. The highest BCUT2D eigenvalue weighted by Gasteiger charge is 2.34. The average molecular weight is 550 g/mol. The number of carbonyl (C=O) groups is 1. The first-order valence-electron chi connectivity index (χ1n) is 12.8. The Balaban J connectivity index is 1.96. The van der Waals surface area contributed by atoms with Crippen molar-refractivity contribution in [2.24, 2.45) is 4.99 Å². The van der Waals surface area contributed by atoms with Crippen LogP contribution in [0.1, 0.15) is 69.2 Å². The molecule has 10 heteroatoms.